The van der Waals surface area contributed by atoms with Gasteiger partial charge in [-0.2, -0.15) is 0 Å². The molecule has 21 heavy (non-hydrogen) atoms. The van der Waals surface area contributed by atoms with Crippen LogP contribution in [0.2, 0.25) is 0 Å². The van der Waals surface area contributed by atoms with Gasteiger partial charge in [0.15, 0.2) is 0 Å². The van der Waals surface area contributed by atoms with Gasteiger partial charge in [0, 0.05) is 22.9 Å². The number of nitrogens with two attached hydrogens (primary N) is 1. The summed E-state index contributed by atoms with van der Waals surface area (Å²) in [6.45, 7) is 0.448. The summed E-state index contributed by atoms with van der Waals surface area (Å²) in [5.41, 5.74) is 8.81. The lowest BCUT2D eigenvalue weighted by atomic mass is 10.1. The summed E-state index contributed by atoms with van der Waals surface area (Å²) in [5.74, 6) is 1.20. The Bertz CT molecular complexity index is 713. The largest absolute Gasteiger partial charge is 0.497 e. The first kappa shape index (κ1) is 13.3. The van der Waals surface area contributed by atoms with Crippen LogP contribution in [0.3, 0.4) is 0 Å². The van der Waals surface area contributed by atoms with Gasteiger partial charge < -0.3 is 20.1 Å². The molecule has 5 nitrogen and oxygen atoms in total. The Kier molecular flexibility index (Phi) is 3.17. The minimum atomic E-state index is -0.0687. The second kappa shape index (κ2) is 5.01. The first-order chi connectivity index (χ1) is 10.2. The second-order valence-corrected chi connectivity index (χ2v) is 4.80. The van der Waals surface area contributed by atoms with Crippen molar-refractivity contribution in [3.05, 3.63) is 47.5 Å². The first-order valence-corrected chi connectivity index (χ1v) is 6.57. The molecule has 0 spiro atoms. The SMILES string of the molecule is COc1ccc(N2Cc3c(N)cccc3C2=O)c(OC)c1. The average molecular weight is 284 g/mol. The van der Waals surface area contributed by atoms with Gasteiger partial charge in [0.25, 0.3) is 5.91 Å². The summed E-state index contributed by atoms with van der Waals surface area (Å²) in [7, 11) is 3.16. The summed E-state index contributed by atoms with van der Waals surface area (Å²) in [4.78, 5) is 14.2. The number of nitrogens with zero attached hydrogens (tertiary/aromatic N) is 1. The van der Waals surface area contributed by atoms with E-state index in [0.29, 0.717) is 35.0 Å². The molecule has 1 amide bonds. The number of ether oxygens (including phenoxy) is 2. The number of fused-ring (bicyclic) bond motifs is 1. The van der Waals surface area contributed by atoms with Crippen molar-refractivity contribution in [3.8, 4) is 11.5 Å². The summed E-state index contributed by atoms with van der Waals surface area (Å²) in [6.07, 6.45) is 0. The van der Waals surface area contributed by atoms with Crippen LogP contribution < -0.4 is 20.1 Å². The van der Waals surface area contributed by atoms with Crippen molar-refractivity contribution in [3.63, 3.8) is 0 Å². The number of carbonyl (C=O) groups is 1. The van der Waals surface area contributed by atoms with Gasteiger partial charge in [0.2, 0.25) is 0 Å². The van der Waals surface area contributed by atoms with Crippen LogP contribution in [0.4, 0.5) is 11.4 Å². The van der Waals surface area contributed by atoms with Crippen LogP contribution >= 0.6 is 0 Å². The molecule has 0 fully saturated rings. The van der Waals surface area contributed by atoms with Crippen LogP contribution in [0, 0.1) is 0 Å². The van der Waals surface area contributed by atoms with Crippen molar-refractivity contribution in [2.75, 3.05) is 24.9 Å². The quantitative estimate of drug-likeness (QED) is 0.879. The topological polar surface area (TPSA) is 64.8 Å². The minimum absolute atomic E-state index is 0.0687. The fourth-order valence-electron chi connectivity index (χ4n) is 2.56. The van der Waals surface area contributed by atoms with Gasteiger partial charge in [-0.15, -0.1) is 0 Å². The highest BCUT2D eigenvalue weighted by atomic mass is 16.5. The van der Waals surface area contributed by atoms with Crippen molar-refractivity contribution in [2.24, 2.45) is 0 Å². The number of carbonyl (C=O) groups excluding carboxylic acids is 1. The molecule has 0 bridgehead atoms. The van der Waals surface area contributed by atoms with Crippen LogP contribution in [-0.4, -0.2) is 20.1 Å². The molecule has 1 aliphatic rings. The summed E-state index contributed by atoms with van der Waals surface area (Å²) in [5, 5.41) is 0. The standard InChI is InChI=1S/C16H16N2O3/c1-20-10-6-7-14(15(8-10)21-2)18-9-12-11(16(18)19)4-3-5-13(12)17/h3-8H,9,17H2,1-2H3. The molecule has 2 aromatic rings. The number of hydrogen-bond acceptors (Lipinski definition) is 4. The van der Waals surface area contributed by atoms with E-state index in [2.05, 4.69) is 0 Å². The second-order valence-electron chi connectivity index (χ2n) is 4.80. The zero-order chi connectivity index (χ0) is 15.0. The van der Waals surface area contributed by atoms with E-state index in [1.807, 2.05) is 6.07 Å². The van der Waals surface area contributed by atoms with E-state index in [9.17, 15) is 4.79 Å². The summed E-state index contributed by atoms with van der Waals surface area (Å²) < 4.78 is 10.6. The lowest BCUT2D eigenvalue weighted by Crippen LogP contribution is -2.23. The molecule has 108 valence electrons. The van der Waals surface area contributed by atoms with Crippen molar-refractivity contribution >= 4 is 17.3 Å². The monoisotopic (exact) mass is 284 g/mol. The molecule has 0 saturated carbocycles. The number of methoxy groups -OCH3 is 2. The number of amides is 1. The lowest BCUT2D eigenvalue weighted by Gasteiger charge is -2.19. The lowest BCUT2D eigenvalue weighted by molar-refractivity contribution is 0.0996. The van der Waals surface area contributed by atoms with Crippen LogP contribution in [0.25, 0.3) is 0 Å². The van der Waals surface area contributed by atoms with Gasteiger partial charge in [-0.3, -0.25) is 4.79 Å². The van der Waals surface area contributed by atoms with Gasteiger partial charge in [-0.25, -0.2) is 0 Å². The maximum atomic E-state index is 12.6. The molecule has 1 aliphatic heterocycles. The van der Waals surface area contributed by atoms with E-state index < -0.39 is 0 Å². The highest BCUT2D eigenvalue weighted by molar-refractivity contribution is 6.11. The molecule has 0 unspecified atom stereocenters. The van der Waals surface area contributed by atoms with E-state index in [1.165, 1.54) is 0 Å². The van der Waals surface area contributed by atoms with Crippen molar-refractivity contribution in [1.82, 2.24) is 0 Å². The van der Waals surface area contributed by atoms with Crippen molar-refractivity contribution in [2.45, 2.75) is 6.54 Å². The van der Waals surface area contributed by atoms with Crippen LogP contribution in [0.5, 0.6) is 11.5 Å². The highest BCUT2D eigenvalue weighted by Crippen LogP contribution is 2.38. The van der Waals surface area contributed by atoms with Crippen LogP contribution in [0.1, 0.15) is 15.9 Å². The molecule has 0 atom stereocenters. The third kappa shape index (κ3) is 2.07. The zero-order valence-corrected chi connectivity index (χ0v) is 11.9. The Hall–Kier alpha value is -2.69. The Morgan fingerprint density at radius 1 is 1.14 bits per heavy atom. The Labute approximate surface area is 122 Å². The molecule has 0 radical (unpaired) electrons. The van der Waals surface area contributed by atoms with E-state index in [1.54, 1.807) is 49.5 Å². The zero-order valence-electron chi connectivity index (χ0n) is 11.9. The maximum absolute atomic E-state index is 12.6. The Morgan fingerprint density at radius 2 is 1.95 bits per heavy atom. The Balaban J connectivity index is 2.04. The van der Waals surface area contributed by atoms with Gasteiger partial charge in [0.05, 0.1) is 26.5 Å². The summed E-state index contributed by atoms with van der Waals surface area (Å²) in [6, 6.07) is 10.8. The molecule has 0 saturated heterocycles. The van der Waals surface area contributed by atoms with Crippen LogP contribution in [0.15, 0.2) is 36.4 Å². The predicted molar refractivity (Wildman–Crippen MR) is 80.9 cm³/mol. The van der Waals surface area contributed by atoms with Gasteiger partial charge in [0.1, 0.15) is 11.5 Å². The molecule has 0 aromatic heterocycles. The molecule has 1 heterocycles. The number of nitrogen functional groups attached to an aromatic ring is 1. The fraction of sp³-hybridized carbons (Fsp3) is 0.188. The van der Waals surface area contributed by atoms with Gasteiger partial charge >= 0.3 is 0 Å². The average Bonchev–Trinajstić information content (AvgIpc) is 2.85. The fourth-order valence-corrected chi connectivity index (χ4v) is 2.56. The van der Waals surface area contributed by atoms with Crippen molar-refractivity contribution < 1.29 is 14.3 Å². The summed E-state index contributed by atoms with van der Waals surface area (Å²) >= 11 is 0. The van der Waals surface area contributed by atoms with Crippen molar-refractivity contribution in [1.29, 1.82) is 0 Å². The first-order valence-electron chi connectivity index (χ1n) is 6.57. The third-order valence-electron chi connectivity index (χ3n) is 3.68. The van der Waals surface area contributed by atoms with E-state index in [0.717, 1.165) is 5.56 Å². The van der Waals surface area contributed by atoms with Gasteiger partial charge in [-0.05, 0) is 24.3 Å². The molecule has 5 heteroatoms. The van der Waals surface area contributed by atoms with Gasteiger partial charge in [-0.1, -0.05) is 6.07 Å². The number of benzene rings is 2. The molecule has 2 N–H and O–H groups in total. The normalized spacial score (nSPS) is 13.2. The third-order valence-corrected chi connectivity index (χ3v) is 3.68. The highest BCUT2D eigenvalue weighted by Gasteiger charge is 2.31. The van der Waals surface area contributed by atoms with E-state index in [4.69, 9.17) is 15.2 Å². The Morgan fingerprint density at radius 3 is 2.62 bits per heavy atom. The smallest absolute Gasteiger partial charge is 0.259 e. The molecular weight excluding hydrogens is 268 g/mol. The molecule has 2 aromatic carbocycles. The molecule has 0 aliphatic carbocycles. The molecule has 3 rings (SSSR count). The predicted octanol–water partition coefficient (Wildman–Crippen LogP) is 2.45. The van der Waals surface area contributed by atoms with E-state index >= 15 is 0 Å². The van der Waals surface area contributed by atoms with Crippen LogP contribution in [-0.2, 0) is 6.54 Å². The van der Waals surface area contributed by atoms with E-state index in [-0.39, 0.29) is 5.91 Å². The maximum Gasteiger partial charge on any atom is 0.259 e. The number of anilines is 2. The number of rotatable bonds is 3. The number of hydrogen-bond donors (Lipinski definition) is 1. The molecular formula is C16H16N2O3. The minimum Gasteiger partial charge on any atom is -0.497 e.